The molecule has 1 aromatic heterocycles. The topological polar surface area (TPSA) is 71.5 Å². The fourth-order valence-electron chi connectivity index (χ4n) is 3.66. The summed E-state index contributed by atoms with van der Waals surface area (Å²) in [5.74, 6) is 0.0174. The number of rotatable bonds is 2. The SMILES string of the molecule is Cc1nc(-c2ccccc2)c(C(=O)N2CCC[C@]3(CC2)CNC(=O)O3)s1. The zero-order chi connectivity index (χ0) is 18.1. The molecule has 1 aromatic carbocycles. The fraction of sp³-hybridized carbons (Fsp3) is 0.421. The number of aromatic nitrogens is 1. The molecule has 0 saturated carbocycles. The van der Waals surface area contributed by atoms with E-state index in [0.717, 1.165) is 29.1 Å². The Balaban J connectivity index is 1.56. The zero-order valence-corrected chi connectivity index (χ0v) is 15.5. The van der Waals surface area contributed by atoms with Crippen LogP contribution in [0.3, 0.4) is 0 Å². The van der Waals surface area contributed by atoms with E-state index in [1.165, 1.54) is 11.3 Å². The number of nitrogens with one attached hydrogen (secondary N) is 1. The highest BCUT2D eigenvalue weighted by molar-refractivity contribution is 7.14. The van der Waals surface area contributed by atoms with Crippen molar-refractivity contribution in [2.75, 3.05) is 19.6 Å². The molecule has 1 N–H and O–H groups in total. The first kappa shape index (κ1) is 17.0. The Morgan fingerprint density at radius 3 is 2.81 bits per heavy atom. The van der Waals surface area contributed by atoms with Gasteiger partial charge in [-0.2, -0.15) is 0 Å². The molecule has 0 unspecified atom stereocenters. The molecule has 7 heteroatoms. The summed E-state index contributed by atoms with van der Waals surface area (Å²) in [6, 6.07) is 9.82. The lowest BCUT2D eigenvalue weighted by atomic mass is 9.95. The minimum atomic E-state index is -0.460. The van der Waals surface area contributed by atoms with Gasteiger partial charge in [-0.3, -0.25) is 4.79 Å². The first-order chi connectivity index (χ1) is 12.6. The Morgan fingerprint density at radius 2 is 2.08 bits per heavy atom. The van der Waals surface area contributed by atoms with E-state index in [2.05, 4.69) is 10.3 Å². The van der Waals surface area contributed by atoms with Gasteiger partial charge in [0.25, 0.3) is 5.91 Å². The third-order valence-corrected chi connectivity index (χ3v) is 5.98. The van der Waals surface area contributed by atoms with E-state index in [1.54, 1.807) is 0 Å². The lowest BCUT2D eigenvalue weighted by molar-refractivity contribution is 0.0439. The number of hydrogen-bond acceptors (Lipinski definition) is 5. The Morgan fingerprint density at radius 1 is 1.27 bits per heavy atom. The normalized spacial score (nSPS) is 22.8. The Bertz CT molecular complexity index is 836. The first-order valence-electron chi connectivity index (χ1n) is 8.85. The minimum absolute atomic E-state index is 0.0174. The van der Waals surface area contributed by atoms with Gasteiger partial charge in [0.05, 0.1) is 17.2 Å². The van der Waals surface area contributed by atoms with Gasteiger partial charge in [0.2, 0.25) is 0 Å². The summed E-state index contributed by atoms with van der Waals surface area (Å²) in [7, 11) is 0. The highest BCUT2D eigenvalue weighted by Crippen LogP contribution is 2.32. The molecule has 2 amide bonds. The Kier molecular flexibility index (Phi) is 4.40. The third-order valence-electron chi connectivity index (χ3n) is 5.02. The molecule has 4 rings (SSSR count). The van der Waals surface area contributed by atoms with Crippen LogP contribution in [0, 0.1) is 6.92 Å². The smallest absolute Gasteiger partial charge is 0.407 e. The molecule has 2 aromatic rings. The molecule has 3 heterocycles. The molecule has 0 aliphatic carbocycles. The van der Waals surface area contributed by atoms with Crippen molar-refractivity contribution in [3.63, 3.8) is 0 Å². The van der Waals surface area contributed by atoms with Gasteiger partial charge in [0.1, 0.15) is 10.5 Å². The molecular weight excluding hydrogens is 350 g/mol. The zero-order valence-electron chi connectivity index (χ0n) is 14.7. The number of likely N-dealkylation sites (tertiary alicyclic amines) is 1. The Hall–Kier alpha value is -2.41. The van der Waals surface area contributed by atoms with E-state index in [-0.39, 0.29) is 12.0 Å². The van der Waals surface area contributed by atoms with E-state index >= 15 is 0 Å². The van der Waals surface area contributed by atoms with Crippen LogP contribution in [-0.2, 0) is 4.74 Å². The number of carbonyl (C=O) groups is 2. The minimum Gasteiger partial charge on any atom is -0.441 e. The summed E-state index contributed by atoms with van der Waals surface area (Å²) in [6.45, 7) is 3.71. The lowest BCUT2D eigenvalue weighted by Crippen LogP contribution is -2.36. The van der Waals surface area contributed by atoms with Crippen molar-refractivity contribution in [2.45, 2.75) is 31.8 Å². The number of alkyl carbamates (subject to hydrolysis) is 1. The molecule has 2 fully saturated rings. The number of benzene rings is 1. The molecule has 1 spiro atoms. The van der Waals surface area contributed by atoms with Gasteiger partial charge in [0, 0.05) is 25.1 Å². The van der Waals surface area contributed by atoms with E-state index in [4.69, 9.17) is 4.74 Å². The average Bonchev–Trinajstić information content (AvgIpc) is 3.14. The number of amides is 2. The van der Waals surface area contributed by atoms with Crippen LogP contribution in [0.2, 0.25) is 0 Å². The lowest BCUT2D eigenvalue weighted by Gasteiger charge is -2.24. The van der Waals surface area contributed by atoms with E-state index in [1.807, 2.05) is 42.2 Å². The van der Waals surface area contributed by atoms with Crippen LogP contribution < -0.4 is 5.32 Å². The number of carbonyl (C=O) groups excluding carboxylic acids is 2. The summed E-state index contributed by atoms with van der Waals surface area (Å²) >= 11 is 1.44. The quantitative estimate of drug-likeness (QED) is 0.880. The molecule has 2 saturated heterocycles. The van der Waals surface area contributed by atoms with Crippen molar-refractivity contribution in [3.05, 3.63) is 40.2 Å². The van der Waals surface area contributed by atoms with Crippen molar-refractivity contribution in [2.24, 2.45) is 0 Å². The van der Waals surface area contributed by atoms with Gasteiger partial charge in [-0.1, -0.05) is 30.3 Å². The molecule has 26 heavy (non-hydrogen) atoms. The maximum atomic E-state index is 13.2. The van der Waals surface area contributed by atoms with Gasteiger partial charge in [-0.25, -0.2) is 9.78 Å². The number of thiazole rings is 1. The summed E-state index contributed by atoms with van der Waals surface area (Å²) in [4.78, 5) is 31.8. The third kappa shape index (κ3) is 3.19. The van der Waals surface area contributed by atoms with E-state index in [0.29, 0.717) is 30.9 Å². The molecule has 6 nitrogen and oxygen atoms in total. The second kappa shape index (κ2) is 6.72. The van der Waals surface area contributed by atoms with Crippen LogP contribution in [0.15, 0.2) is 30.3 Å². The van der Waals surface area contributed by atoms with Gasteiger partial charge in [-0.15, -0.1) is 11.3 Å². The molecule has 0 bridgehead atoms. The largest absolute Gasteiger partial charge is 0.441 e. The standard InChI is InChI=1S/C19H21N3O3S/c1-13-21-15(14-6-3-2-4-7-14)16(26-13)17(23)22-10-5-8-19(9-11-22)12-20-18(24)25-19/h2-4,6-7H,5,8-12H2,1H3,(H,20,24)/t19-/m0/s1. The predicted molar refractivity (Wildman–Crippen MR) is 99.3 cm³/mol. The van der Waals surface area contributed by atoms with Crippen molar-refractivity contribution in [1.29, 1.82) is 0 Å². The molecule has 0 radical (unpaired) electrons. The summed E-state index contributed by atoms with van der Waals surface area (Å²) in [5.41, 5.74) is 1.25. The number of aryl methyl sites for hydroxylation is 1. The van der Waals surface area contributed by atoms with Crippen LogP contribution in [0.4, 0.5) is 4.79 Å². The maximum Gasteiger partial charge on any atom is 0.407 e. The molecule has 1 atom stereocenters. The van der Waals surface area contributed by atoms with Crippen molar-refractivity contribution >= 4 is 23.3 Å². The first-order valence-corrected chi connectivity index (χ1v) is 9.67. The van der Waals surface area contributed by atoms with Crippen LogP contribution >= 0.6 is 11.3 Å². The average molecular weight is 371 g/mol. The van der Waals surface area contributed by atoms with Crippen molar-refractivity contribution < 1.29 is 14.3 Å². The molecule has 2 aliphatic rings. The van der Waals surface area contributed by atoms with E-state index in [9.17, 15) is 9.59 Å². The number of ether oxygens (including phenoxy) is 1. The highest BCUT2D eigenvalue weighted by atomic mass is 32.1. The predicted octanol–water partition coefficient (Wildman–Crippen LogP) is 3.22. The van der Waals surface area contributed by atoms with Crippen LogP contribution in [0.1, 0.15) is 33.9 Å². The number of nitrogens with zero attached hydrogens (tertiary/aromatic N) is 2. The second-order valence-corrected chi connectivity index (χ2v) is 8.05. The van der Waals surface area contributed by atoms with Gasteiger partial charge < -0.3 is 15.0 Å². The van der Waals surface area contributed by atoms with Crippen molar-refractivity contribution in [3.8, 4) is 11.3 Å². The van der Waals surface area contributed by atoms with Gasteiger partial charge in [0.15, 0.2) is 0 Å². The summed E-state index contributed by atoms with van der Waals surface area (Å²) in [5, 5.41) is 3.63. The van der Waals surface area contributed by atoms with Gasteiger partial charge in [-0.05, 0) is 19.8 Å². The number of hydrogen-bond donors (Lipinski definition) is 1. The monoisotopic (exact) mass is 371 g/mol. The van der Waals surface area contributed by atoms with E-state index < -0.39 is 5.60 Å². The maximum absolute atomic E-state index is 13.2. The molecular formula is C19H21N3O3S. The summed E-state index contributed by atoms with van der Waals surface area (Å²) in [6.07, 6.45) is 1.91. The molecule has 2 aliphatic heterocycles. The highest BCUT2D eigenvalue weighted by Gasteiger charge is 2.42. The fourth-order valence-corrected chi connectivity index (χ4v) is 4.57. The van der Waals surface area contributed by atoms with Crippen LogP contribution in [-0.4, -0.2) is 47.1 Å². The second-order valence-electron chi connectivity index (χ2n) is 6.85. The van der Waals surface area contributed by atoms with Crippen LogP contribution in [0.25, 0.3) is 11.3 Å². The van der Waals surface area contributed by atoms with Crippen molar-refractivity contribution in [1.82, 2.24) is 15.2 Å². The van der Waals surface area contributed by atoms with Crippen LogP contribution in [0.5, 0.6) is 0 Å². The van der Waals surface area contributed by atoms with Gasteiger partial charge >= 0.3 is 6.09 Å². The Labute approximate surface area is 156 Å². The molecule has 136 valence electrons. The summed E-state index contributed by atoms with van der Waals surface area (Å²) < 4.78 is 5.50.